The molecule has 0 radical (unpaired) electrons. The van der Waals surface area contributed by atoms with E-state index in [1.54, 1.807) is 0 Å². The second kappa shape index (κ2) is 8.06. The monoisotopic (exact) mass is 295 g/mol. The number of benzene rings is 1. The number of rotatable bonds is 7. The molecule has 0 saturated heterocycles. The summed E-state index contributed by atoms with van der Waals surface area (Å²) in [6.45, 7) is 11.1. The third-order valence-corrected chi connectivity index (χ3v) is 4.29. The van der Waals surface area contributed by atoms with Gasteiger partial charge in [0.05, 0.1) is 6.61 Å². The molecule has 1 aromatic rings. The highest BCUT2D eigenvalue weighted by atomic mass is 32.2. The van der Waals surface area contributed by atoms with E-state index >= 15 is 0 Å². The van der Waals surface area contributed by atoms with E-state index in [1.807, 2.05) is 11.8 Å². The van der Waals surface area contributed by atoms with Crippen molar-refractivity contribution in [2.75, 3.05) is 12.4 Å². The Morgan fingerprint density at radius 3 is 2.20 bits per heavy atom. The van der Waals surface area contributed by atoms with Gasteiger partial charge in [-0.3, -0.25) is 0 Å². The molecule has 20 heavy (non-hydrogen) atoms. The number of thioether (sulfide) groups is 1. The summed E-state index contributed by atoms with van der Waals surface area (Å²) in [4.78, 5) is 1.30. The van der Waals surface area contributed by atoms with E-state index < -0.39 is 0 Å². The van der Waals surface area contributed by atoms with Gasteiger partial charge in [0.2, 0.25) is 0 Å². The summed E-state index contributed by atoms with van der Waals surface area (Å²) >= 11 is 1.86. The van der Waals surface area contributed by atoms with Crippen molar-refractivity contribution in [1.82, 2.24) is 5.32 Å². The quantitative estimate of drug-likeness (QED) is 0.750. The molecule has 0 spiro atoms. The van der Waals surface area contributed by atoms with Crippen molar-refractivity contribution in [2.24, 2.45) is 0 Å². The predicted octanol–water partition coefficient (Wildman–Crippen LogP) is 3.83. The van der Waals surface area contributed by atoms with Crippen molar-refractivity contribution in [3.05, 3.63) is 29.8 Å². The van der Waals surface area contributed by atoms with Gasteiger partial charge in [-0.15, -0.1) is 11.8 Å². The van der Waals surface area contributed by atoms with Crippen molar-refractivity contribution >= 4 is 11.8 Å². The summed E-state index contributed by atoms with van der Waals surface area (Å²) in [5.74, 6) is 1.03. The van der Waals surface area contributed by atoms with Crippen LogP contribution in [0.25, 0.3) is 0 Å². The van der Waals surface area contributed by atoms with Crippen LogP contribution in [0.15, 0.2) is 29.2 Å². The second-order valence-electron chi connectivity index (χ2n) is 6.61. The number of nitrogens with one attached hydrogen (secondary N) is 1. The molecule has 3 heteroatoms. The van der Waals surface area contributed by atoms with E-state index in [-0.39, 0.29) is 18.1 Å². The lowest BCUT2D eigenvalue weighted by Crippen LogP contribution is -2.37. The lowest BCUT2D eigenvalue weighted by Gasteiger charge is -2.20. The van der Waals surface area contributed by atoms with Crippen molar-refractivity contribution in [3.63, 3.8) is 0 Å². The first-order chi connectivity index (χ1) is 9.32. The Hall–Kier alpha value is -0.510. The van der Waals surface area contributed by atoms with Gasteiger partial charge in [0.15, 0.2) is 0 Å². The molecular formula is C17H29NOS. The van der Waals surface area contributed by atoms with Crippen LogP contribution in [0.2, 0.25) is 0 Å². The van der Waals surface area contributed by atoms with Gasteiger partial charge < -0.3 is 10.4 Å². The van der Waals surface area contributed by atoms with Crippen LogP contribution < -0.4 is 5.32 Å². The van der Waals surface area contributed by atoms with Crippen molar-refractivity contribution < 1.29 is 5.11 Å². The van der Waals surface area contributed by atoms with Gasteiger partial charge in [-0.05, 0) is 35.3 Å². The molecule has 0 heterocycles. The summed E-state index contributed by atoms with van der Waals surface area (Å²) in [5.41, 5.74) is 1.59. The molecule has 0 aliphatic heterocycles. The maximum absolute atomic E-state index is 9.33. The lowest BCUT2D eigenvalue weighted by atomic mass is 9.87. The van der Waals surface area contributed by atoms with Crippen LogP contribution in [-0.2, 0) is 5.41 Å². The summed E-state index contributed by atoms with van der Waals surface area (Å²) in [6, 6.07) is 9.47. The highest BCUT2D eigenvalue weighted by molar-refractivity contribution is 7.99. The lowest BCUT2D eigenvalue weighted by molar-refractivity contribution is 0.232. The van der Waals surface area contributed by atoms with Crippen LogP contribution in [0.3, 0.4) is 0 Å². The largest absolute Gasteiger partial charge is 0.395 e. The molecule has 0 amide bonds. The third-order valence-electron chi connectivity index (χ3n) is 3.24. The molecule has 0 saturated carbocycles. The molecule has 0 aromatic heterocycles. The minimum atomic E-state index is 0.205. The molecule has 114 valence electrons. The minimum Gasteiger partial charge on any atom is -0.395 e. The van der Waals surface area contributed by atoms with Crippen LogP contribution in [0, 0.1) is 0 Å². The standard InChI is InChI=1S/C17H29NOS/c1-13(2)18-15(12-19)10-11-20-16-8-6-14(7-9-16)17(3,4)5/h6-9,13,15,18-19H,10-12H2,1-5H3. The van der Waals surface area contributed by atoms with Crippen LogP contribution in [0.4, 0.5) is 0 Å². The summed E-state index contributed by atoms with van der Waals surface area (Å²) in [5, 5.41) is 12.7. The smallest absolute Gasteiger partial charge is 0.0585 e. The van der Waals surface area contributed by atoms with E-state index in [1.165, 1.54) is 10.5 Å². The number of aliphatic hydroxyl groups is 1. The normalized spacial score (nSPS) is 13.8. The first-order valence-electron chi connectivity index (χ1n) is 7.43. The van der Waals surface area contributed by atoms with Crippen molar-refractivity contribution in [2.45, 2.75) is 63.4 Å². The van der Waals surface area contributed by atoms with E-state index in [4.69, 9.17) is 0 Å². The molecule has 1 rings (SSSR count). The number of hydrogen-bond acceptors (Lipinski definition) is 3. The summed E-state index contributed by atoms with van der Waals surface area (Å²) in [7, 11) is 0. The van der Waals surface area contributed by atoms with Crippen molar-refractivity contribution in [1.29, 1.82) is 0 Å². The Balaban J connectivity index is 2.42. The zero-order chi connectivity index (χ0) is 15.2. The predicted molar refractivity (Wildman–Crippen MR) is 89.6 cm³/mol. The van der Waals surface area contributed by atoms with Crippen LogP contribution >= 0.6 is 11.8 Å². The van der Waals surface area contributed by atoms with E-state index in [9.17, 15) is 5.11 Å². The van der Waals surface area contributed by atoms with E-state index in [0.29, 0.717) is 6.04 Å². The van der Waals surface area contributed by atoms with E-state index in [2.05, 4.69) is 64.2 Å². The number of hydrogen-bond donors (Lipinski definition) is 2. The zero-order valence-electron chi connectivity index (χ0n) is 13.4. The Morgan fingerprint density at radius 1 is 1.15 bits per heavy atom. The van der Waals surface area contributed by atoms with Gasteiger partial charge in [-0.2, -0.15) is 0 Å². The molecule has 0 bridgehead atoms. The molecule has 0 fully saturated rings. The first kappa shape index (κ1) is 17.5. The molecule has 1 aromatic carbocycles. The molecule has 0 aliphatic carbocycles. The molecule has 2 N–H and O–H groups in total. The Kier molecular flexibility index (Phi) is 7.07. The highest BCUT2D eigenvalue weighted by Gasteiger charge is 2.13. The maximum Gasteiger partial charge on any atom is 0.0585 e. The topological polar surface area (TPSA) is 32.3 Å². The second-order valence-corrected chi connectivity index (χ2v) is 7.78. The maximum atomic E-state index is 9.33. The molecular weight excluding hydrogens is 266 g/mol. The fourth-order valence-corrected chi connectivity index (χ4v) is 3.04. The van der Waals surface area contributed by atoms with Crippen LogP contribution in [-0.4, -0.2) is 29.5 Å². The highest BCUT2D eigenvalue weighted by Crippen LogP contribution is 2.26. The van der Waals surface area contributed by atoms with Gasteiger partial charge >= 0.3 is 0 Å². The molecule has 2 nitrogen and oxygen atoms in total. The minimum absolute atomic E-state index is 0.205. The Morgan fingerprint density at radius 2 is 1.75 bits per heavy atom. The van der Waals surface area contributed by atoms with Gasteiger partial charge in [0.1, 0.15) is 0 Å². The van der Waals surface area contributed by atoms with Gasteiger partial charge in [0.25, 0.3) is 0 Å². The molecule has 1 unspecified atom stereocenters. The third kappa shape index (κ3) is 6.29. The summed E-state index contributed by atoms with van der Waals surface area (Å²) < 4.78 is 0. The Labute approximate surface area is 128 Å². The van der Waals surface area contributed by atoms with Gasteiger partial charge in [0, 0.05) is 17.0 Å². The van der Waals surface area contributed by atoms with Crippen LogP contribution in [0.5, 0.6) is 0 Å². The average Bonchev–Trinajstić information content (AvgIpc) is 2.36. The SMILES string of the molecule is CC(C)NC(CO)CCSc1ccc(C(C)(C)C)cc1. The summed E-state index contributed by atoms with van der Waals surface area (Å²) in [6.07, 6.45) is 0.986. The number of aliphatic hydroxyl groups excluding tert-OH is 1. The average molecular weight is 295 g/mol. The van der Waals surface area contributed by atoms with E-state index in [0.717, 1.165) is 12.2 Å². The zero-order valence-corrected chi connectivity index (χ0v) is 14.3. The van der Waals surface area contributed by atoms with Crippen LogP contribution in [0.1, 0.15) is 46.6 Å². The molecule has 1 atom stereocenters. The van der Waals surface area contributed by atoms with Gasteiger partial charge in [-0.1, -0.05) is 46.8 Å². The fourth-order valence-electron chi connectivity index (χ4n) is 2.07. The van der Waals surface area contributed by atoms with Gasteiger partial charge in [-0.25, -0.2) is 0 Å². The fraction of sp³-hybridized carbons (Fsp3) is 0.647. The van der Waals surface area contributed by atoms with Crippen molar-refractivity contribution in [3.8, 4) is 0 Å². The molecule has 0 aliphatic rings. The first-order valence-corrected chi connectivity index (χ1v) is 8.41. The Bertz CT molecular complexity index is 381.